The molecule has 0 aliphatic carbocycles. The summed E-state index contributed by atoms with van der Waals surface area (Å²) < 4.78 is 0. The summed E-state index contributed by atoms with van der Waals surface area (Å²) in [7, 11) is 0. The molecule has 26 heavy (non-hydrogen) atoms. The molecule has 1 saturated heterocycles. The number of carbonyl (C=O) groups is 2. The van der Waals surface area contributed by atoms with Gasteiger partial charge in [0.15, 0.2) is 5.78 Å². The second-order valence-electron chi connectivity index (χ2n) is 6.61. The Morgan fingerprint density at radius 1 is 0.769 bits per heavy atom. The Hall–Kier alpha value is -2.75. The lowest BCUT2D eigenvalue weighted by Gasteiger charge is -2.25. The van der Waals surface area contributed by atoms with Gasteiger partial charge in [-0.3, -0.25) is 14.6 Å². The number of benzene rings is 2. The normalized spacial score (nSPS) is 14.9. The Bertz CT molecular complexity index is 763. The van der Waals surface area contributed by atoms with Crippen molar-refractivity contribution in [2.45, 2.75) is 32.1 Å². The maximum Gasteiger partial charge on any atom is 0.170 e. The van der Waals surface area contributed by atoms with Crippen LogP contribution in [0.1, 0.15) is 48.0 Å². The molecule has 0 unspecified atom stereocenters. The Morgan fingerprint density at radius 3 is 1.96 bits per heavy atom. The molecule has 3 rings (SSSR count). The van der Waals surface area contributed by atoms with Gasteiger partial charge >= 0.3 is 0 Å². The third kappa shape index (κ3) is 5.12. The van der Waals surface area contributed by atoms with Gasteiger partial charge in [-0.25, -0.2) is 0 Å². The third-order valence-corrected chi connectivity index (χ3v) is 4.52. The average Bonchev–Trinajstić information content (AvgIpc) is 2.69. The molecule has 0 spiro atoms. The fraction of sp³-hybridized carbons (Fsp3) is 0.318. The summed E-state index contributed by atoms with van der Waals surface area (Å²) in [5, 5.41) is 6.80. The van der Waals surface area contributed by atoms with Crippen LogP contribution in [0.4, 0.5) is 0 Å². The summed E-state index contributed by atoms with van der Waals surface area (Å²) in [6.07, 6.45) is 3.59. The first-order chi connectivity index (χ1) is 12.7. The predicted octanol–water partition coefficient (Wildman–Crippen LogP) is 4.11. The van der Waals surface area contributed by atoms with E-state index in [4.69, 9.17) is 5.10 Å². The predicted molar refractivity (Wildman–Crippen MR) is 103 cm³/mol. The van der Waals surface area contributed by atoms with Crippen molar-refractivity contribution >= 4 is 17.3 Å². The number of ketones is 2. The first-order valence-corrected chi connectivity index (χ1v) is 9.20. The number of nitrogens with zero attached hydrogens (tertiary/aromatic N) is 2. The number of hydrazone groups is 1. The van der Waals surface area contributed by atoms with Crippen molar-refractivity contribution in [2.24, 2.45) is 5.10 Å². The third-order valence-electron chi connectivity index (χ3n) is 4.52. The molecule has 0 amide bonds. The Labute approximate surface area is 154 Å². The number of rotatable bonds is 7. The van der Waals surface area contributed by atoms with E-state index in [1.165, 1.54) is 6.42 Å². The fourth-order valence-corrected chi connectivity index (χ4v) is 3.13. The van der Waals surface area contributed by atoms with Crippen LogP contribution in [0.2, 0.25) is 0 Å². The molecule has 4 heteroatoms. The molecule has 2 aromatic carbocycles. The van der Waals surface area contributed by atoms with Crippen LogP contribution in [0.25, 0.3) is 0 Å². The van der Waals surface area contributed by atoms with Gasteiger partial charge < -0.3 is 0 Å². The lowest BCUT2D eigenvalue weighted by molar-refractivity contribution is -0.117. The highest BCUT2D eigenvalue weighted by atomic mass is 16.1. The van der Waals surface area contributed by atoms with Gasteiger partial charge in [0.1, 0.15) is 5.78 Å². The van der Waals surface area contributed by atoms with Gasteiger partial charge in [-0.1, -0.05) is 60.7 Å². The molecule has 1 fully saturated rings. The van der Waals surface area contributed by atoms with E-state index in [2.05, 4.69) is 5.01 Å². The molecule has 0 bridgehead atoms. The summed E-state index contributed by atoms with van der Waals surface area (Å²) in [6.45, 7) is 1.85. The molecule has 2 aromatic rings. The van der Waals surface area contributed by atoms with Gasteiger partial charge in [0.2, 0.25) is 0 Å². The second-order valence-corrected chi connectivity index (χ2v) is 6.61. The Morgan fingerprint density at radius 2 is 1.35 bits per heavy atom. The van der Waals surface area contributed by atoms with Crippen molar-refractivity contribution in [1.82, 2.24) is 5.01 Å². The SMILES string of the molecule is O=C(CC(=O)c1ccccc1)CC(=NN1CCCCC1)c1ccccc1. The summed E-state index contributed by atoms with van der Waals surface area (Å²) in [5.74, 6) is -0.237. The summed E-state index contributed by atoms with van der Waals surface area (Å²) in [6, 6.07) is 18.7. The number of Topliss-reactive ketones (excluding diaryl/α,β-unsaturated/α-hetero) is 2. The fourth-order valence-electron chi connectivity index (χ4n) is 3.13. The van der Waals surface area contributed by atoms with E-state index in [1.54, 1.807) is 12.1 Å². The summed E-state index contributed by atoms with van der Waals surface area (Å²) >= 11 is 0. The number of hydrogen-bond acceptors (Lipinski definition) is 4. The maximum absolute atomic E-state index is 12.5. The largest absolute Gasteiger partial charge is 0.299 e. The zero-order valence-corrected chi connectivity index (χ0v) is 14.9. The standard InChI is InChI=1S/C22H24N2O2/c25-20(17-22(26)19-12-6-2-7-13-19)16-21(18-10-4-1-5-11-18)23-24-14-8-3-9-15-24/h1-2,4-7,10-13H,3,8-9,14-17H2. The molecule has 1 aliphatic heterocycles. The highest BCUT2D eigenvalue weighted by molar-refractivity contribution is 6.16. The van der Waals surface area contributed by atoms with Gasteiger partial charge in [-0.05, 0) is 24.8 Å². The average molecular weight is 348 g/mol. The quantitative estimate of drug-likeness (QED) is 0.430. The van der Waals surface area contributed by atoms with Crippen molar-refractivity contribution in [3.8, 4) is 0 Å². The Kier molecular flexibility index (Phi) is 6.31. The van der Waals surface area contributed by atoms with E-state index in [1.807, 2.05) is 48.5 Å². The Balaban J connectivity index is 1.71. The van der Waals surface area contributed by atoms with E-state index >= 15 is 0 Å². The van der Waals surface area contributed by atoms with E-state index in [0.29, 0.717) is 5.56 Å². The van der Waals surface area contributed by atoms with Crippen LogP contribution in [0.15, 0.2) is 65.8 Å². The maximum atomic E-state index is 12.5. The number of carbonyl (C=O) groups excluding carboxylic acids is 2. The van der Waals surface area contributed by atoms with Crippen LogP contribution in [0.5, 0.6) is 0 Å². The number of piperidine rings is 1. The van der Waals surface area contributed by atoms with Crippen LogP contribution in [-0.2, 0) is 4.79 Å². The topological polar surface area (TPSA) is 49.7 Å². The first kappa shape index (κ1) is 18.1. The molecule has 4 nitrogen and oxygen atoms in total. The van der Waals surface area contributed by atoms with Gasteiger partial charge in [-0.15, -0.1) is 0 Å². The highest BCUT2D eigenvalue weighted by Crippen LogP contribution is 2.14. The minimum atomic E-state index is -0.138. The van der Waals surface area contributed by atoms with Crippen LogP contribution < -0.4 is 0 Å². The lowest BCUT2D eigenvalue weighted by Crippen LogP contribution is -2.27. The van der Waals surface area contributed by atoms with Crippen molar-refractivity contribution < 1.29 is 9.59 Å². The molecule has 0 atom stereocenters. The minimum Gasteiger partial charge on any atom is -0.299 e. The molecule has 0 radical (unpaired) electrons. The van der Waals surface area contributed by atoms with Gasteiger partial charge in [0, 0.05) is 18.7 Å². The summed E-state index contributed by atoms with van der Waals surface area (Å²) in [5.41, 5.74) is 2.27. The van der Waals surface area contributed by atoms with E-state index in [9.17, 15) is 9.59 Å². The van der Waals surface area contributed by atoms with Crippen LogP contribution in [0.3, 0.4) is 0 Å². The van der Waals surface area contributed by atoms with E-state index in [-0.39, 0.29) is 24.4 Å². The monoisotopic (exact) mass is 348 g/mol. The van der Waals surface area contributed by atoms with Crippen molar-refractivity contribution in [3.63, 3.8) is 0 Å². The molecule has 0 saturated carbocycles. The van der Waals surface area contributed by atoms with Gasteiger partial charge in [0.25, 0.3) is 0 Å². The van der Waals surface area contributed by atoms with Crippen LogP contribution in [0, 0.1) is 0 Å². The van der Waals surface area contributed by atoms with E-state index < -0.39 is 0 Å². The van der Waals surface area contributed by atoms with E-state index in [0.717, 1.165) is 37.2 Å². The molecular formula is C22H24N2O2. The molecule has 0 aromatic heterocycles. The lowest BCUT2D eigenvalue weighted by atomic mass is 10.00. The molecular weight excluding hydrogens is 324 g/mol. The van der Waals surface area contributed by atoms with Crippen molar-refractivity contribution in [2.75, 3.05) is 13.1 Å². The highest BCUT2D eigenvalue weighted by Gasteiger charge is 2.17. The second kappa shape index (κ2) is 9.09. The van der Waals surface area contributed by atoms with Crippen molar-refractivity contribution in [1.29, 1.82) is 0 Å². The van der Waals surface area contributed by atoms with Gasteiger partial charge in [-0.2, -0.15) is 5.10 Å². The van der Waals surface area contributed by atoms with Crippen LogP contribution >= 0.6 is 0 Å². The molecule has 0 N–H and O–H groups in total. The van der Waals surface area contributed by atoms with Gasteiger partial charge in [0.05, 0.1) is 18.6 Å². The zero-order chi connectivity index (χ0) is 18.2. The molecule has 1 aliphatic rings. The molecule has 1 heterocycles. The van der Waals surface area contributed by atoms with Crippen LogP contribution in [-0.4, -0.2) is 35.4 Å². The number of hydrogen-bond donors (Lipinski definition) is 0. The molecule has 134 valence electrons. The summed E-state index contributed by atoms with van der Waals surface area (Å²) in [4.78, 5) is 24.8. The van der Waals surface area contributed by atoms with Crippen molar-refractivity contribution in [3.05, 3.63) is 71.8 Å². The first-order valence-electron chi connectivity index (χ1n) is 9.20. The zero-order valence-electron chi connectivity index (χ0n) is 14.9. The minimum absolute atomic E-state index is 0.0874. The smallest absolute Gasteiger partial charge is 0.170 e.